The average molecular weight is 456 g/mol. The van der Waals surface area contributed by atoms with Gasteiger partial charge in [-0.1, -0.05) is 66.7 Å². The molecule has 0 saturated heterocycles. The maximum Gasteiger partial charge on any atom is 0.310 e. The van der Waals surface area contributed by atoms with Crippen molar-refractivity contribution < 1.29 is 19.1 Å². The number of hydrogen-bond donors (Lipinski definition) is 1. The normalized spacial score (nSPS) is 13.3. The highest BCUT2D eigenvalue weighted by atomic mass is 16.5. The van der Waals surface area contributed by atoms with E-state index in [1.54, 1.807) is 0 Å². The molecule has 1 aliphatic rings. The van der Waals surface area contributed by atoms with Gasteiger partial charge in [-0.15, -0.1) is 0 Å². The second-order valence-corrected chi connectivity index (χ2v) is 8.95. The average Bonchev–Trinajstić information content (AvgIpc) is 3.09. The quantitative estimate of drug-likeness (QED) is 0.298. The van der Waals surface area contributed by atoms with E-state index in [0.717, 1.165) is 64.2 Å². The Bertz CT molecular complexity index is 861. The highest BCUT2D eigenvalue weighted by molar-refractivity contribution is 6.17. The smallest absolute Gasteiger partial charge is 0.310 e. The predicted octanol–water partition coefficient (Wildman–Crippen LogP) is 5.47. The van der Waals surface area contributed by atoms with Gasteiger partial charge in [-0.05, 0) is 65.5 Å². The Hall–Kier alpha value is -2.43. The highest BCUT2D eigenvalue weighted by Gasteiger charge is 2.25. The molecule has 5 nitrogen and oxygen atoms in total. The molecule has 0 aromatic heterocycles. The molecule has 1 N–H and O–H groups in total. The molecule has 0 radical (unpaired) electrons. The van der Waals surface area contributed by atoms with Crippen LogP contribution in [0.2, 0.25) is 0 Å². The van der Waals surface area contributed by atoms with E-state index in [2.05, 4.69) is 39.9 Å². The van der Waals surface area contributed by atoms with E-state index in [9.17, 15) is 14.4 Å². The summed E-state index contributed by atoms with van der Waals surface area (Å²) in [7, 11) is 0. The molecule has 1 heterocycles. The van der Waals surface area contributed by atoms with Gasteiger partial charge in [0.1, 0.15) is 6.61 Å². The van der Waals surface area contributed by atoms with Crippen LogP contribution in [0.5, 0.6) is 0 Å². The zero-order valence-corrected chi connectivity index (χ0v) is 21.2. The standard InChI is InChI=1S/C28H41NO4/c1-6-11-20-21(12-7-2)23(14-9-4)25(24(15-10-5)22(20)13-8-3)18-33-27(31)17-19-16-26(30)29-28(19)32/h16H,6-15,17-18H2,1-5H3,(H,29,30,32). The number of ether oxygens (including phenoxy) is 1. The van der Waals surface area contributed by atoms with Crippen molar-refractivity contribution >= 4 is 17.8 Å². The zero-order valence-electron chi connectivity index (χ0n) is 21.2. The molecule has 5 heteroatoms. The molecule has 0 spiro atoms. The lowest BCUT2D eigenvalue weighted by atomic mass is 9.79. The van der Waals surface area contributed by atoms with Crippen LogP contribution in [0.15, 0.2) is 11.6 Å². The van der Waals surface area contributed by atoms with Crippen molar-refractivity contribution in [2.75, 3.05) is 0 Å². The first-order chi connectivity index (χ1) is 15.9. The van der Waals surface area contributed by atoms with Gasteiger partial charge in [-0.3, -0.25) is 19.7 Å². The largest absolute Gasteiger partial charge is 0.461 e. The minimum absolute atomic E-state index is 0.171. The van der Waals surface area contributed by atoms with Crippen LogP contribution in [-0.2, 0) is 57.8 Å². The molecule has 182 valence electrons. The minimum Gasteiger partial charge on any atom is -0.461 e. The Labute approximate surface area is 199 Å². The molecule has 0 bridgehead atoms. The van der Waals surface area contributed by atoms with Crippen molar-refractivity contribution in [2.45, 2.75) is 112 Å². The van der Waals surface area contributed by atoms with E-state index in [4.69, 9.17) is 4.74 Å². The maximum atomic E-state index is 12.6. The summed E-state index contributed by atoms with van der Waals surface area (Å²) >= 11 is 0. The van der Waals surface area contributed by atoms with Crippen molar-refractivity contribution in [1.82, 2.24) is 5.32 Å². The summed E-state index contributed by atoms with van der Waals surface area (Å²) in [4.78, 5) is 35.8. The van der Waals surface area contributed by atoms with Crippen LogP contribution in [0.3, 0.4) is 0 Å². The van der Waals surface area contributed by atoms with Gasteiger partial charge in [-0.2, -0.15) is 0 Å². The van der Waals surface area contributed by atoms with Crippen molar-refractivity contribution in [3.05, 3.63) is 45.0 Å². The van der Waals surface area contributed by atoms with Crippen molar-refractivity contribution in [3.8, 4) is 0 Å². The molecule has 0 unspecified atom stereocenters. The Morgan fingerprint density at radius 2 is 1.09 bits per heavy atom. The molecule has 2 amide bonds. The number of rotatable bonds is 14. The zero-order chi connectivity index (χ0) is 24.4. The van der Waals surface area contributed by atoms with Gasteiger partial charge < -0.3 is 4.74 Å². The third-order valence-electron chi connectivity index (χ3n) is 6.23. The van der Waals surface area contributed by atoms with Crippen LogP contribution in [0.4, 0.5) is 0 Å². The van der Waals surface area contributed by atoms with Crippen molar-refractivity contribution in [1.29, 1.82) is 0 Å². The Morgan fingerprint density at radius 3 is 1.42 bits per heavy atom. The molecular formula is C28H41NO4. The summed E-state index contributed by atoms with van der Waals surface area (Å²) < 4.78 is 5.74. The maximum absolute atomic E-state index is 12.6. The van der Waals surface area contributed by atoms with Gasteiger partial charge in [0, 0.05) is 11.6 Å². The van der Waals surface area contributed by atoms with E-state index < -0.39 is 17.8 Å². The third-order valence-corrected chi connectivity index (χ3v) is 6.23. The third kappa shape index (κ3) is 6.78. The number of benzene rings is 1. The summed E-state index contributed by atoms with van der Waals surface area (Å²) in [5.41, 5.74) is 8.57. The molecule has 33 heavy (non-hydrogen) atoms. The van der Waals surface area contributed by atoms with Gasteiger partial charge >= 0.3 is 5.97 Å². The van der Waals surface area contributed by atoms with E-state index in [1.165, 1.54) is 39.5 Å². The van der Waals surface area contributed by atoms with Crippen LogP contribution in [0.25, 0.3) is 0 Å². The number of esters is 1. The second-order valence-electron chi connectivity index (χ2n) is 8.95. The number of amides is 2. The first kappa shape index (κ1) is 26.8. The Morgan fingerprint density at radius 1 is 0.697 bits per heavy atom. The number of nitrogens with one attached hydrogen (secondary N) is 1. The topological polar surface area (TPSA) is 72.5 Å². The Balaban J connectivity index is 2.50. The van der Waals surface area contributed by atoms with Crippen LogP contribution >= 0.6 is 0 Å². The second kappa shape index (κ2) is 13.3. The lowest BCUT2D eigenvalue weighted by Gasteiger charge is -2.27. The summed E-state index contributed by atoms with van der Waals surface area (Å²) in [6.07, 6.45) is 11.5. The molecular weight excluding hydrogens is 414 g/mol. The van der Waals surface area contributed by atoms with Gasteiger partial charge in [0.15, 0.2) is 0 Å². The summed E-state index contributed by atoms with van der Waals surface area (Å²) in [6, 6.07) is 0. The molecule has 0 atom stereocenters. The first-order valence-electron chi connectivity index (χ1n) is 12.8. The fourth-order valence-corrected chi connectivity index (χ4v) is 4.97. The number of carbonyl (C=O) groups is 3. The number of hydrogen-bond acceptors (Lipinski definition) is 4. The van der Waals surface area contributed by atoms with Crippen LogP contribution in [0.1, 0.15) is 107 Å². The van der Waals surface area contributed by atoms with Crippen molar-refractivity contribution in [2.24, 2.45) is 0 Å². The molecule has 0 fully saturated rings. The lowest BCUT2D eigenvalue weighted by Crippen LogP contribution is -2.23. The Kier molecular flexibility index (Phi) is 10.8. The highest BCUT2D eigenvalue weighted by Crippen LogP contribution is 2.34. The van der Waals surface area contributed by atoms with E-state index >= 15 is 0 Å². The van der Waals surface area contributed by atoms with Crippen LogP contribution in [0, 0.1) is 0 Å². The monoisotopic (exact) mass is 455 g/mol. The molecule has 1 aliphatic heterocycles. The first-order valence-corrected chi connectivity index (χ1v) is 12.8. The predicted molar refractivity (Wildman–Crippen MR) is 132 cm³/mol. The fraction of sp³-hybridized carbons (Fsp3) is 0.607. The minimum atomic E-state index is -0.505. The summed E-state index contributed by atoms with van der Waals surface area (Å²) in [6.45, 7) is 11.3. The van der Waals surface area contributed by atoms with Gasteiger partial charge in [0.2, 0.25) is 0 Å². The van der Waals surface area contributed by atoms with E-state index in [0.29, 0.717) is 0 Å². The van der Waals surface area contributed by atoms with Gasteiger partial charge in [-0.25, -0.2) is 0 Å². The fourth-order valence-electron chi connectivity index (χ4n) is 4.97. The molecule has 1 aromatic carbocycles. The molecule has 1 aromatic rings. The van der Waals surface area contributed by atoms with Gasteiger partial charge in [0.05, 0.1) is 6.42 Å². The van der Waals surface area contributed by atoms with Crippen LogP contribution < -0.4 is 5.32 Å². The SMILES string of the molecule is CCCc1c(CCC)c(CCC)c(COC(=O)CC2=CC(=O)NC2=O)c(CCC)c1CCC. The molecule has 0 aliphatic carbocycles. The lowest BCUT2D eigenvalue weighted by molar-refractivity contribution is -0.144. The summed E-state index contributed by atoms with van der Waals surface area (Å²) in [5, 5.41) is 2.18. The molecule has 2 rings (SSSR count). The van der Waals surface area contributed by atoms with Crippen LogP contribution in [-0.4, -0.2) is 17.8 Å². The number of carbonyl (C=O) groups excluding carboxylic acids is 3. The van der Waals surface area contributed by atoms with Gasteiger partial charge in [0.25, 0.3) is 11.8 Å². The summed E-state index contributed by atoms with van der Waals surface area (Å²) in [5.74, 6) is -1.45. The van der Waals surface area contributed by atoms with E-state index in [-0.39, 0.29) is 18.6 Å². The van der Waals surface area contributed by atoms with Crippen molar-refractivity contribution in [3.63, 3.8) is 0 Å². The van der Waals surface area contributed by atoms with E-state index in [1.807, 2.05) is 0 Å². The molecule has 0 saturated carbocycles. The number of imide groups is 1.